The van der Waals surface area contributed by atoms with Crippen molar-refractivity contribution < 1.29 is 0 Å². The molecule has 2 aromatic heterocycles. The van der Waals surface area contributed by atoms with Crippen LogP contribution in [0.25, 0.3) is 5.65 Å². The summed E-state index contributed by atoms with van der Waals surface area (Å²) in [6.45, 7) is 3.62. The van der Waals surface area contributed by atoms with Gasteiger partial charge in [0.05, 0.1) is 0 Å². The molecule has 0 bridgehead atoms. The molecule has 2 heterocycles. The largest absolute Gasteiger partial charge is 0.269 e. The summed E-state index contributed by atoms with van der Waals surface area (Å²) >= 11 is 3.31. The van der Waals surface area contributed by atoms with Gasteiger partial charge in [0.1, 0.15) is 5.65 Å². The summed E-state index contributed by atoms with van der Waals surface area (Å²) in [5.41, 5.74) is 0.984. The van der Waals surface area contributed by atoms with Crippen LogP contribution in [0, 0.1) is 6.92 Å². The third-order valence-electron chi connectivity index (χ3n) is 1.68. The average Bonchev–Trinajstić information content (AvgIpc) is 2.02. The molecule has 4 heteroatoms. The molecule has 3 nitrogen and oxygen atoms in total. The van der Waals surface area contributed by atoms with Crippen molar-refractivity contribution in [1.29, 1.82) is 0 Å². The third-order valence-corrected chi connectivity index (χ3v) is 2.18. The lowest BCUT2D eigenvalue weighted by molar-refractivity contribution is 1.03. The van der Waals surface area contributed by atoms with Gasteiger partial charge < -0.3 is 0 Å². The second kappa shape index (κ2) is 2.96. The Hall–Kier alpha value is -1.16. The second-order valence-electron chi connectivity index (χ2n) is 2.66. The van der Waals surface area contributed by atoms with E-state index in [9.17, 15) is 4.79 Å². The standard InChI is InChI=1S/C9H6BrN2O/c1-6-4-9(13)12-3-2-7(10)5-8(12)11-6/h2-5H,1H2. The quantitative estimate of drug-likeness (QED) is 0.699. The van der Waals surface area contributed by atoms with E-state index in [1.165, 1.54) is 10.5 Å². The Labute approximate surface area is 83.2 Å². The molecule has 0 spiro atoms. The van der Waals surface area contributed by atoms with E-state index in [-0.39, 0.29) is 5.56 Å². The van der Waals surface area contributed by atoms with Crippen LogP contribution < -0.4 is 5.56 Å². The van der Waals surface area contributed by atoms with Gasteiger partial charge in [-0.3, -0.25) is 9.20 Å². The Morgan fingerprint density at radius 3 is 3.00 bits per heavy atom. The Bertz CT molecular complexity index is 513. The summed E-state index contributed by atoms with van der Waals surface area (Å²) in [5.74, 6) is 0. The topological polar surface area (TPSA) is 34.4 Å². The lowest BCUT2D eigenvalue weighted by Crippen LogP contribution is -2.13. The van der Waals surface area contributed by atoms with Gasteiger partial charge in [-0.05, 0) is 19.1 Å². The zero-order valence-corrected chi connectivity index (χ0v) is 8.28. The Balaban J connectivity index is 2.95. The number of halogens is 1. The van der Waals surface area contributed by atoms with Crippen LogP contribution in [0.2, 0.25) is 0 Å². The molecule has 0 aliphatic rings. The highest BCUT2D eigenvalue weighted by Crippen LogP contribution is 2.09. The maximum atomic E-state index is 11.4. The molecule has 0 N–H and O–H groups in total. The number of hydrogen-bond acceptors (Lipinski definition) is 2. The van der Waals surface area contributed by atoms with Crippen molar-refractivity contribution in [2.45, 2.75) is 0 Å². The fraction of sp³-hybridized carbons (Fsp3) is 0. The van der Waals surface area contributed by atoms with Crippen molar-refractivity contribution in [3.05, 3.63) is 51.8 Å². The van der Waals surface area contributed by atoms with Gasteiger partial charge in [0.25, 0.3) is 5.56 Å². The first-order valence-electron chi connectivity index (χ1n) is 3.68. The lowest BCUT2D eigenvalue weighted by atomic mass is 10.4. The number of nitrogens with zero attached hydrogens (tertiary/aromatic N) is 2. The van der Waals surface area contributed by atoms with E-state index >= 15 is 0 Å². The first-order valence-corrected chi connectivity index (χ1v) is 4.47. The average molecular weight is 238 g/mol. The highest BCUT2D eigenvalue weighted by Gasteiger charge is 1.98. The molecule has 2 aromatic rings. The molecule has 0 atom stereocenters. The van der Waals surface area contributed by atoms with Gasteiger partial charge in [0.2, 0.25) is 0 Å². The number of hydrogen-bond donors (Lipinski definition) is 0. The predicted octanol–water partition coefficient (Wildman–Crippen LogP) is 1.64. The van der Waals surface area contributed by atoms with E-state index in [0.29, 0.717) is 11.3 Å². The summed E-state index contributed by atoms with van der Waals surface area (Å²) in [4.78, 5) is 15.5. The summed E-state index contributed by atoms with van der Waals surface area (Å²) in [7, 11) is 0. The molecule has 1 radical (unpaired) electrons. The normalized spacial score (nSPS) is 10.6. The van der Waals surface area contributed by atoms with Crippen LogP contribution >= 0.6 is 15.9 Å². The maximum Gasteiger partial charge on any atom is 0.258 e. The molecule has 0 aliphatic carbocycles. The third kappa shape index (κ3) is 1.49. The van der Waals surface area contributed by atoms with Crippen molar-refractivity contribution in [2.75, 3.05) is 0 Å². The van der Waals surface area contributed by atoms with E-state index in [4.69, 9.17) is 0 Å². The molecule has 0 saturated heterocycles. The van der Waals surface area contributed by atoms with Gasteiger partial charge in [0.15, 0.2) is 0 Å². The molecule has 0 amide bonds. The van der Waals surface area contributed by atoms with Crippen molar-refractivity contribution in [3.8, 4) is 0 Å². The maximum absolute atomic E-state index is 11.4. The molecule has 0 fully saturated rings. The van der Waals surface area contributed by atoms with Gasteiger partial charge in [-0.25, -0.2) is 4.98 Å². The fourth-order valence-corrected chi connectivity index (χ4v) is 1.45. The molecule has 0 unspecified atom stereocenters. The van der Waals surface area contributed by atoms with Crippen LogP contribution in [-0.4, -0.2) is 9.38 Å². The van der Waals surface area contributed by atoms with Gasteiger partial charge in [-0.15, -0.1) is 0 Å². The highest BCUT2D eigenvalue weighted by molar-refractivity contribution is 9.10. The first kappa shape index (κ1) is 8.44. The first-order chi connectivity index (χ1) is 6.16. The molecule has 13 heavy (non-hydrogen) atoms. The van der Waals surface area contributed by atoms with Crippen molar-refractivity contribution >= 4 is 21.6 Å². The molecule has 0 saturated carbocycles. The van der Waals surface area contributed by atoms with E-state index in [1.807, 2.05) is 0 Å². The van der Waals surface area contributed by atoms with E-state index in [0.717, 1.165) is 4.47 Å². The number of fused-ring (bicyclic) bond motifs is 1. The molecular weight excluding hydrogens is 232 g/mol. The second-order valence-corrected chi connectivity index (χ2v) is 3.57. The van der Waals surface area contributed by atoms with Gasteiger partial charge in [-0.1, -0.05) is 15.9 Å². The SMILES string of the molecule is [CH2]c1cc(=O)n2ccc(Br)cc2n1. The summed E-state index contributed by atoms with van der Waals surface area (Å²) in [6.07, 6.45) is 1.67. The number of pyridine rings is 1. The minimum Gasteiger partial charge on any atom is -0.269 e. The molecule has 65 valence electrons. The molecule has 0 aliphatic heterocycles. The van der Waals surface area contributed by atoms with E-state index < -0.39 is 0 Å². The van der Waals surface area contributed by atoms with Crippen LogP contribution in [0.1, 0.15) is 5.69 Å². The van der Waals surface area contributed by atoms with E-state index in [2.05, 4.69) is 27.8 Å². The number of aromatic nitrogens is 2. The smallest absolute Gasteiger partial charge is 0.258 e. The van der Waals surface area contributed by atoms with Gasteiger partial charge in [0, 0.05) is 22.4 Å². The van der Waals surface area contributed by atoms with E-state index in [1.54, 1.807) is 18.3 Å². The molecule has 2 rings (SSSR count). The Kier molecular flexibility index (Phi) is 1.92. The van der Waals surface area contributed by atoms with Crippen molar-refractivity contribution in [3.63, 3.8) is 0 Å². The minimum absolute atomic E-state index is 0.109. The van der Waals surface area contributed by atoms with Crippen LogP contribution in [0.15, 0.2) is 33.7 Å². The summed E-state index contributed by atoms with van der Waals surface area (Å²) in [6, 6.07) is 4.97. The minimum atomic E-state index is -0.109. The predicted molar refractivity (Wildman–Crippen MR) is 53.6 cm³/mol. The Morgan fingerprint density at radius 1 is 1.46 bits per heavy atom. The van der Waals surface area contributed by atoms with Crippen molar-refractivity contribution in [1.82, 2.24) is 9.38 Å². The Morgan fingerprint density at radius 2 is 2.23 bits per heavy atom. The summed E-state index contributed by atoms with van der Waals surface area (Å²) < 4.78 is 2.37. The fourth-order valence-electron chi connectivity index (χ4n) is 1.13. The highest BCUT2D eigenvalue weighted by atomic mass is 79.9. The van der Waals surface area contributed by atoms with Crippen LogP contribution in [0.3, 0.4) is 0 Å². The van der Waals surface area contributed by atoms with Crippen LogP contribution in [0.5, 0.6) is 0 Å². The number of rotatable bonds is 0. The molecular formula is C9H6BrN2O. The lowest BCUT2D eigenvalue weighted by Gasteiger charge is -2.00. The van der Waals surface area contributed by atoms with Gasteiger partial charge >= 0.3 is 0 Å². The molecule has 0 aromatic carbocycles. The van der Waals surface area contributed by atoms with Crippen molar-refractivity contribution in [2.24, 2.45) is 0 Å². The van der Waals surface area contributed by atoms with Crippen LogP contribution in [-0.2, 0) is 0 Å². The van der Waals surface area contributed by atoms with Crippen LogP contribution in [0.4, 0.5) is 0 Å². The zero-order chi connectivity index (χ0) is 9.42. The summed E-state index contributed by atoms with van der Waals surface area (Å²) in [5, 5.41) is 0. The monoisotopic (exact) mass is 237 g/mol. The van der Waals surface area contributed by atoms with Gasteiger partial charge in [-0.2, -0.15) is 0 Å². The zero-order valence-electron chi connectivity index (χ0n) is 6.70.